The van der Waals surface area contributed by atoms with Gasteiger partial charge in [0.25, 0.3) is 5.91 Å². The molecule has 33 heavy (non-hydrogen) atoms. The summed E-state index contributed by atoms with van der Waals surface area (Å²) >= 11 is 6.20. The molecule has 1 amide bonds. The van der Waals surface area contributed by atoms with E-state index in [0.717, 1.165) is 5.56 Å². The predicted molar refractivity (Wildman–Crippen MR) is 122 cm³/mol. The minimum atomic E-state index is -3.68. The van der Waals surface area contributed by atoms with E-state index in [1.54, 1.807) is 31.2 Å². The van der Waals surface area contributed by atoms with Crippen molar-refractivity contribution >= 4 is 39.2 Å². The fourth-order valence-corrected chi connectivity index (χ4v) is 4.85. The van der Waals surface area contributed by atoms with Crippen molar-refractivity contribution in [3.63, 3.8) is 0 Å². The zero-order valence-electron chi connectivity index (χ0n) is 18.1. The highest BCUT2D eigenvalue weighted by Gasteiger charge is 2.27. The highest BCUT2D eigenvalue weighted by atomic mass is 35.5. The Balaban J connectivity index is 1.54. The molecule has 0 aromatic heterocycles. The molecule has 2 aromatic rings. The third kappa shape index (κ3) is 6.91. The predicted octanol–water partition coefficient (Wildman–Crippen LogP) is 2.48. The van der Waals surface area contributed by atoms with Gasteiger partial charge in [-0.2, -0.15) is 4.31 Å². The second-order valence-electron chi connectivity index (χ2n) is 7.12. The number of morpholine rings is 1. The van der Waals surface area contributed by atoms with E-state index in [2.05, 4.69) is 5.32 Å². The number of carbonyl (C=O) groups excluding carboxylic acids is 2. The third-order valence-electron chi connectivity index (χ3n) is 4.76. The van der Waals surface area contributed by atoms with Crippen molar-refractivity contribution in [1.82, 2.24) is 4.31 Å². The lowest BCUT2D eigenvalue weighted by Gasteiger charge is -2.26. The second kappa shape index (κ2) is 11.5. The van der Waals surface area contributed by atoms with Crippen molar-refractivity contribution in [2.75, 3.05) is 44.8 Å². The minimum absolute atomic E-state index is 0.0501. The molecule has 1 N–H and O–H groups in total. The lowest BCUT2D eigenvalue weighted by molar-refractivity contribution is -0.142. The van der Waals surface area contributed by atoms with Crippen LogP contribution in [0.5, 0.6) is 5.75 Å². The first-order valence-corrected chi connectivity index (χ1v) is 12.2. The summed E-state index contributed by atoms with van der Waals surface area (Å²) < 4.78 is 42.3. The van der Waals surface area contributed by atoms with Crippen LogP contribution in [0.4, 0.5) is 5.69 Å². The zero-order chi connectivity index (χ0) is 23.8. The highest BCUT2D eigenvalue weighted by Crippen LogP contribution is 2.29. The van der Waals surface area contributed by atoms with Crippen LogP contribution in [0.15, 0.2) is 47.4 Å². The van der Waals surface area contributed by atoms with E-state index < -0.39 is 15.9 Å². The van der Waals surface area contributed by atoms with E-state index in [4.69, 9.17) is 25.8 Å². The number of benzene rings is 2. The van der Waals surface area contributed by atoms with Gasteiger partial charge in [-0.15, -0.1) is 0 Å². The van der Waals surface area contributed by atoms with Crippen LogP contribution in [0.3, 0.4) is 0 Å². The van der Waals surface area contributed by atoms with Crippen molar-refractivity contribution in [3.8, 4) is 5.75 Å². The molecule has 2 aromatic carbocycles. The second-order valence-corrected chi connectivity index (χ2v) is 9.47. The van der Waals surface area contributed by atoms with Crippen LogP contribution >= 0.6 is 11.6 Å². The Morgan fingerprint density at radius 3 is 2.45 bits per heavy atom. The highest BCUT2D eigenvalue weighted by molar-refractivity contribution is 7.89. The van der Waals surface area contributed by atoms with Gasteiger partial charge in [0, 0.05) is 18.8 Å². The number of rotatable bonds is 9. The number of nitrogens with zero attached hydrogens (tertiary/aromatic N) is 1. The fourth-order valence-electron chi connectivity index (χ4n) is 3.12. The molecule has 0 bridgehead atoms. The molecule has 1 aliphatic rings. The summed E-state index contributed by atoms with van der Waals surface area (Å²) in [5.74, 6) is -0.546. The lowest BCUT2D eigenvalue weighted by atomic mass is 10.1. The number of amides is 1. The number of ether oxygens (including phenoxy) is 3. The molecule has 178 valence electrons. The molecule has 0 radical (unpaired) electrons. The van der Waals surface area contributed by atoms with Gasteiger partial charge in [-0.1, -0.05) is 23.7 Å². The maximum Gasteiger partial charge on any atom is 0.310 e. The maximum atomic E-state index is 12.7. The van der Waals surface area contributed by atoms with E-state index in [0.29, 0.717) is 25.5 Å². The number of sulfonamides is 1. The van der Waals surface area contributed by atoms with E-state index in [9.17, 15) is 18.0 Å². The molecular weight excluding hydrogens is 472 g/mol. The van der Waals surface area contributed by atoms with Gasteiger partial charge in [0.15, 0.2) is 6.61 Å². The van der Waals surface area contributed by atoms with Crippen molar-refractivity contribution in [2.45, 2.75) is 18.2 Å². The molecule has 11 heteroatoms. The number of hydrogen-bond donors (Lipinski definition) is 1. The molecule has 9 nitrogen and oxygen atoms in total. The Bertz CT molecular complexity index is 1080. The quantitative estimate of drug-likeness (QED) is 0.531. The van der Waals surface area contributed by atoms with Gasteiger partial charge in [0.1, 0.15) is 5.75 Å². The molecule has 1 saturated heterocycles. The largest absolute Gasteiger partial charge is 0.482 e. The Morgan fingerprint density at radius 2 is 1.82 bits per heavy atom. The average molecular weight is 497 g/mol. The minimum Gasteiger partial charge on any atom is -0.482 e. The maximum absolute atomic E-state index is 12.7. The molecule has 0 saturated carbocycles. The Labute approximate surface area is 197 Å². The number of nitrogens with one attached hydrogen (secondary N) is 1. The summed E-state index contributed by atoms with van der Waals surface area (Å²) in [7, 11) is -3.68. The van der Waals surface area contributed by atoms with Crippen molar-refractivity contribution in [1.29, 1.82) is 0 Å². The molecule has 3 rings (SSSR count). The van der Waals surface area contributed by atoms with Gasteiger partial charge in [0.2, 0.25) is 10.0 Å². The molecular formula is C22H25ClN2O7S. The SMILES string of the molecule is CCOC(=O)Cc1ccc(NC(=O)COc2ccc(S(=O)(=O)N3CCOCC3)cc2Cl)cc1. The number of anilines is 1. The van der Waals surface area contributed by atoms with Crippen molar-refractivity contribution in [2.24, 2.45) is 0 Å². The zero-order valence-corrected chi connectivity index (χ0v) is 19.7. The summed E-state index contributed by atoms with van der Waals surface area (Å²) in [6.45, 7) is 3.00. The molecule has 1 aliphatic heterocycles. The number of carbonyl (C=O) groups is 2. The monoisotopic (exact) mass is 496 g/mol. The molecule has 0 aliphatic carbocycles. The molecule has 0 atom stereocenters. The first-order chi connectivity index (χ1) is 15.8. The summed E-state index contributed by atoms with van der Waals surface area (Å²) in [5, 5.41) is 2.76. The van der Waals surface area contributed by atoms with E-state index in [-0.39, 0.29) is 47.8 Å². The number of esters is 1. The summed E-state index contributed by atoms with van der Waals surface area (Å²) in [6, 6.07) is 10.9. The van der Waals surface area contributed by atoms with Crippen LogP contribution in [0, 0.1) is 0 Å². The first-order valence-electron chi connectivity index (χ1n) is 10.3. The molecule has 1 fully saturated rings. The Kier molecular flexibility index (Phi) is 8.67. The van der Waals surface area contributed by atoms with E-state index >= 15 is 0 Å². The van der Waals surface area contributed by atoms with E-state index in [1.165, 1.54) is 22.5 Å². The first kappa shape index (κ1) is 25.0. The van der Waals surface area contributed by atoms with E-state index in [1.807, 2.05) is 0 Å². The third-order valence-corrected chi connectivity index (χ3v) is 6.95. The van der Waals surface area contributed by atoms with Crippen molar-refractivity contribution < 1.29 is 32.2 Å². The van der Waals surface area contributed by atoms with Crippen LogP contribution in [0.1, 0.15) is 12.5 Å². The molecule has 0 spiro atoms. The number of halogens is 1. The lowest BCUT2D eigenvalue weighted by Crippen LogP contribution is -2.40. The van der Waals surface area contributed by atoms with Crippen LogP contribution in [-0.4, -0.2) is 64.1 Å². The molecule has 0 unspecified atom stereocenters. The van der Waals surface area contributed by atoms with Gasteiger partial charge in [-0.05, 0) is 42.8 Å². The van der Waals surface area contributed by atoms with Crippen LogP contribution < -0.4 is 10.1 Å². The summed E-state index contributed by atoms with van der Waals surface area (Å²) in [5.41, 5.74) is 1.30. The van der Waals surface area contributed by atoms with Gasteiger partial charge in [0.05, 0.1) is 36.2 Å². The van der Waals surface area contributed by atoms with Gasteiger partial charge < -0.3 is 19.5 Å². The van der Waals surface area contributed by atoms with Gasteiger partial charge >= 0.3 is 5.97 Å². The van der Waals surface area contributed by atoms with Crippen molar-refractivity contribution in [3.05, 3.63) is 53.1 Å². The standard InChI is InChI=1S/C22H25ClN2O7S/c1-2-31-22(27)13-16-3-5-17(6-4-16)24-21(26)15-32-20-8-7-18(14-19(20)23)33(28,29)25-9-11-30-12-10-25/h3-8,14H,2,9-13,15H2,1H3,(H,24,26). The van der Waals surface area contributed by atoms with Crippen LogP contribution in [0.2, 0.25) is 5.02 Å². The summed E-state index contributed by atoms with van der Waals surface area (Å²) in [4.78, 5) is 23.8. The van der Waals surface area contributed by atoms with Crippen LogP contribution in [0.25, 0.3) is 0 Å². The van der Waals surface area contributed by atoms with Crippen LogP contribution in [-0.2, 0) is 35.5 Å². The smallest absolute Gasteiger partial charge is 0.310 e. The van der Waals surface area contributed by atoms with Gasteiger partial charge in [-0.3, -0.25) is 9.59 Å². The topological polar surface area (TPSA) is 111 Å². The Hall–Kier alpha value is -2.66. The molecule has 1 heterocycles. The summed E-state index contributed by atoms with van der Waals surface area (Å²) in [6.07, 6.45) is 0.154. The normalized spacial score (nSPS) is 14.5. The Morgan fingerprint density at radius 1 is 1.12 bits per heavy atom. The van der Waals surface area contributed by atoms with Gasteiger partial charge in [-0.25, -0.2) is 8.42 Å². The fraction of sp³-hybridized carbons (Fsp3) is 0.364. The number of hydrogen-bond acceptors (Lipinski definition) is 7. The average Bonchev–Trinajstić information content (AvgIpc) is 2.80.